The number of rotatable bonds is 7. The first kappa shape index (κ1) is 14.0. The molecule has 1 unspecified atom stereocenters. The highest BCUT2D eigenvalue weighted by Gasteiger charge is 2.23. The predicted molar refractivity (Wildman–Crippen MR) is 73.7 cm³/mol. The van der Waals surface area contributed by atoms with Crippen LogP contribution in [0, 0.1) is 0 Å². The molecule has 0 amide bonds. The van der Waals surface area contributed by atoms with Gasteiger partial charge < -0.3 is 10.1 Å². The highest BCUT2D eigenvalue weighted by molar-refractivity contribution is 5.29. The molecule has 0 radical (unpaired) electrons. The molecule has 0 saturated heterocycles. The summed E-state index contributed by atoms with van der Waals surface area (Å²) in [6.45, 7) is 10.5. The van der Waals surface area contributed by atoms with E-state index >= 15 is 0 Å². The molecule has 2 nitrogen and oxygen atoms in total. The molecular weight excluding hydrogens is 210 g/mol. The van der Waals surface area contributed by atoms with Crippen LogP contribution in [0.3, 0.4) is 0 Å². The number of nitrogens with one attached hydrogen (secondary N) is 1. The van der Waals surface area contributed by atoms with E-state index in [4.69, 9.17) is 4.74 Å². The van der Waals surface area contributed by atoms with Crippen LogP contribution in [0.15, 0.2) is 24.3 Å². The first-order valence-electron chi connectivity index (χ1n) is 6.62. The van der Waals surface area contributed by atoms with Crippen LogP contribution in [-0.2, 0) is 6.42 Å². The number of ether oxygens (including phenoxy) is 1. The molecule has 1 aromatic rings. The van der Waals surface area contributed by atoms with Gasteiger partial charge in [0.05, 0.1) is 0 Å². The third-order valence-corrected chi connectivity index (χ3v) is 3.17. The fourth-order valence-corrected chi connectivity index (χ4v) is 1.74. The van der Waals surface area contributed by atoms with Crippen molar-refractivity contribution < 1.29 is 4.74 Å². The van der Waals surface area contributed by atoms with Gasteiger partial charge in [0.2, 0.25) is 0 Å². The van der Waals surface area contributed by atoms with Crippen molar-refractivity contribution in [2.24, 2.45) is 0 Å². The third kappa shape index (κ3) is 4.39. The summed E-state index contributed by atoms with van der Waals surface area (Å²) in [5.41, 5.74) is 1.20. The Bertz CT molecular complexity index is 337. The summed E-state index contributed by atoms with van der Waals surface area (Å²) in [5, 5.41) is 3.36. The maximum atomic E-state index is 6.13. The van der Waals surface area contributed by atoms with Gasteiger partial charge >= 0.3 is 0 Å². The van der Waals surface area contributed by atoms with E-state index in [0.717, 1.165) is 31.7 Å². The zero-order valence-corrected chi connectivity index (χ0v) is 11.5. The fourth-order valence-electron chi connectivity index (χ4n) is 1.74. The van der Waals surface area contributed by atoms with Crippen LogP contribution >= 0.6 is 0 Å². The Balaban J connectivity index is 2.71. The van der Waals surface area contributed by atoms with Gasteiger partial charge in [0, 0.05) is 6.54 Å². The number of benzene rings is 1. The average molecular weight is 235 g/mol. The van der Waals surface area contributed by atoms with Gasteiger partial charge in [0.25, 0.3) is 0 Å². The normalized spacial score (nSPS) is 14.4. The second kappa shape index (κ2) is 6.65. The van der Waals surface area contributed by atoms with E-state index in [1.54, 1.807) is 0 Å². The molecule has 0 aliphatic carbocycles. The van der Waals surface area contributed by atoms with E-state index in [0.29, 0.717) is 0 Å². The Kier molecular flexibility index (Phi) is 5.49. The Morgan fingerprint density at radius 2 is 2.00 bits per heavy atom. The molecule has 17 heavy (non-hydrogen) atoms. The predicted octanol–water partition coefficient (Wildman–Crippen LogP) is 3.41. The van der Waals surface area contributed by atoms with Crippen molar-refractivity contribution in [1.82, 2.24) is 5.32 Å². The zero-order valence-electron chi connectivity index (χ0n) is 11.5. The zero-order chi connectivity index (χ0) is 12.7. The topological polar surface area (TPSA) is 21.3 Å². The average Bonchev–Trinajstić information content (AvgIpc) is 2.36. The van der Waals surface area contributed by atoms with Crippen molar-refractivity contribution in [2.75, 3.05) is 13.1 Å². The SMILES string of the molecule is CCNCC(C)(CC)Oc1cccc(CC)c1. The molecule has 1 aromatic carbocycles. The molecule has 1 N–H and O–H groups in total. The third-order valence-electron chi connectivity index (χ3n) is 3.17. The van der Waals surface area contributed by atoms with Crippen molar-refractivity contribution in [3.63, 3.8) is 0 Å². The van der Waals surface area contributed by atoms with Gasteiger partial charge in [-0.1, -0.05) is 32.9 Å². The molecule has 0 saturated carbocycles. The van der Waals surface area contributed by atoms with E-state index in [2.05, 4.69) is 51.2 Å². The van der Waals surface area contributed by atoms with Crippen molar-refractivity contribution in [1.29, 1.82) is 0 Å². The van der Waals surface area contributed by atoms with Crippen LogP contribution in [0.25, 0.3) is 0 Å². The Labute approximate surface area is 105 Å². The van der Waals surface area contributed by atoms with Gasteiger partial charge in [0.1, 0.15) is 11.4 Å². The molecule has 0 aliphatic rings. The molecule has 1 atom stereocenters. The van der Waals surface area contributed by atoms with Crippen molar-refractivity contribution in [2.45, 2.75) is 46.1 Å². The molecule has 0 heterocycles. The van der Waals surface area contributed by atoms with Gasteiger partial charge in [0.15, 0.2) is 0 Å². The van der Waals surface area contributed by atoms with Crippen LogP contribution < -0.4 is 10.1 Å². The summed E-state index contributed by atoms with van der Waals surface area (Å²) in [4.78, 5) is 0. The number of hydrogen-bond donors (Lipinski definition) is 1. The number of aryl methyl sites for hydroxylation is 1. The Hall–Kier alpha value is -1.02. The van der Waals surface area contributed by atoms with E-state index in [9.17, 15) is 0 Å². The molecule has 0 aromatic heterocycles. The summed E-state index contributed by atoms with van der Waals surface area (Å²) < 4.78 is 6.13. The van der Waals surface area contributed by atoms with Crippen LogP contribution in [0.4, 0.5) is 0 Å². The first-order chi connectivity index (χ1) is 8.13. The minimum atomic E-state index is -0.123. The molecule has 0 spiro atoms. The summed E-state index contributed by atoms with van der Waals surface area (Å²) in [6.07, 6.45) is 2.05. The quantitative estimate of drug-likeness (QED) is 0.782. The Morgan fingerprint density at radius 3 is 2.59 bits per heavy atom. The summed E-state index contributed by atoms with van der Waals surface area (Å²) in [7, 11) is 0. The molecule has 0 fully saturated rings. The molecule has 0 aliphatic heterocycles. The van der Waals surface area contributed by atoms with Crippen LogP contribution in [0.2, 0.25) is 0 Å². The Morgan fingerprint density at radius 1 is 1.24 bits per heavy atom. The van der Waals surface area contributed by atoms with Crippen LogP contribution in [0.5, 0.6) is 5.75 Å². The maximum Gasteiger partial charge on any atom is 0.120 e. The second-order valence-corrected chi connectivity index (χ2v) is 4.69. The summed E-state index contributed by atoms with van der Waals surface area (Å²) >= 11 is 0. The molecular formula is C15H25NO. The van der Waals surface area contributed by atoms with Gasteiger partial charge in [-0.3, -0.25) is 0 Å². The smallest absolute Gasteiger partial charge is 0.120 e. The lowest BCUT2D eigenvalue weighted by molar-refractivity contribution is 0.0841. The maximum absolute atomic E-state index is 6.13. The lowest BCUT2D eigenvalue weighted by Crippen LogP contribution is -2.42. The van der Waals surface area contributed by atoms with Crippen LogP contribution in [-0.4, -0.2) is 18.7 Å². The largest absolute Gasteiger partial charge is 0.486 e. The van der Waals surface area contributed by atoms with Gasteiger partial charge in [-0.05, 0) is 44.0 Å². The van der Waals surface area contributed by atoms with Crippen molar-refractivity contribution >= 4 is 0 Å². The lowest BCUT2D eigenvalue weighted by atomic mass is 10.0. The van der Waals surface area contributed by atoms with E-state index in [-0.39, 0.29) is 5.60 Å². The van der Waals surface area contributed by atoms with Crippen molar-refractivity contribution in [3.8, 4) is 5.75 Å². The standard InChI is InChI=1S/C15H25NO/c1-5-13-9-8-10-14(11-13)17-15(4,6-2)12-16-7-3/h8-11,16H,5-7,12H2,1-4H3. The highest BCUT2D eigenvalue weighted by Crippen LogP contribution is 2.22. The minimum Gasteiger partial charge on any atom is -0.486 e. The van der Waals surface area contributed by atoms with E-state index < -0.39 is 0 Å². The van der Waals surface area contributed by atoms with Gasteiger partial charge in [-0.2, -0.15) is 0 Å². The van der Waals surface area contributed by atoms with E-state index in [1.807, 2.05) is 6.07 Å². The van der Waals surface area contributed by atoms with Gasteiger partial charge in [-0.15, -0.1) is 0 Å². The molecule has 1 rings (SSSR count). The fraction of sp³-hybridized carbons (Fsp3) is 0.600. The van der Waals surface area contributed by atoms with Gasteiger partial charge in [-0.25, -0.2) is 0 Å². The first-order valence-corrected chi connectivity index (χ1v) is 6.62. The second-order valence-electron chi connectivity index (χ2n) is 4.69. The molecule has 2 heteroatoms. The minimum absolute atomic E-state index is 0.123. The monoisotopic (exact) mass is 235 g/mol. The van der Waals surface area contributed by atoms with Crippen molar-refractivity contribution in [3.05, 3.63) is 29.8 Å². The summed E-state index contributed by atoms with van der Waals surface area (Å²) in [5.74, 6) is 0.978. The number of hydrogen-bond acceptors (Lipinski definition) is 2. The lowest BCUT2D eigenvalue weighted by Gasteiger charge is -2.30. The van der Waals surface area contributed by atoms with E-state index in [1.165, 1.54) is 5.56 Å². The number of likely N-dealkylation sites (N-methyl/N-ethyl adjacent to an activating group) is 1. The molecule has 0 bridgehead atoms. The van der Waals surface area contributed by atoms with Crippen LogP contribution in [0.1, 0.15) is 39.7 Å². The summed E-state index contributed by atoms with van der Waals surface area (Å²) in [6, 6.07) is 8.39. The highest BCUT2D eigenvalue weighted by atomic mass is 16.5. The molecule has 96 valence electrons.